The highest BCUT2D eigenvalue weighted by Gasteiger charge is 2.28. The average Bonchev–Trinajstić information content (AvgIpc) is 2.49. The minimum Gasteiger partial charge on any atom is -0.342 e. The Morgan fingerprint density at radius 2 is 1.70 bits per heavy atom. The molecule has 1 fully saturated rings. The molecule has 0 unspecified atom stereocenters. The van der Waals surface area contributed by atoms with Gasteiger partial charge >= 0.3 is 0 Å². The van der Waals surface area contributed by atoms with E-state index in [1.807, 2.05) is 0 Å². The smallest absolute Gasteiger partial charge is 0.225 e. The van der Waals surface area contributed by atoms with E-state index < -0.39 is 0 Å². The Hall–Kier alpha value is -0.0500. The number of carbonyl (C=O) groups excluding carboxylic acids is 1. The van der Waals surface area contributed by atoms with Crippen molar-refractivity contribution in [2.45, 2.75) is 71.6 Å². The van der Waals surface area contributed by atoms with Crippen molar-refractivity contribution in [1.82, 2.24) is 4.90 Å². The van der Waals surface area contributed by atoms with Crippen molar-refractivity contribution in [1.29, 1.82) is 0 Å². The molecule has 3 heteroatoms. The van der Waals surface area contributed by atoms with Crippen molar-refractivity contribution in [2.24, 2.45) is 11.8 Å². The molecule has 1 aliphatic carbocycles. The van der Waals surface area contributed by atoms with E-state index in [2.05, 4.69) is 34.7 Å². The van der Waals surface area contributed by atoms with Gasteiger partial charge in [0.25, 0.3) is 0 Å². The molecule has 0 aromatic rings. The predicted octanol–water partition coefficient (Wildman–Crippen LogP) is 5.01. The van der Waals surface area contributed by atoms with Crippen molar-refractivity contribution >= 4 is 21.8 Å². The first-order valence-corrected chi connectivity index (χ1v) is 9.69. The van der Waals surface area contributed by atoms with Gasteiger partial charge in [0.2, 0.25) is 5.91 Å². The van der Waals surface area contributed by atoms with E-state index in [-0.39, 0.29) is 0 Å². The van der Waals surface area contributed by atoms with Crippen LogP contribution in [0.25, 0.3) is 0 Å². The normalized spacial score (nSPS) is 22.8. The zero-order chi connectivity index (χ0) is 14.8. The minimum atomic E-state index is 0.309. The average molecular weight is 346 g/mol. The molecule has 20 heavy (non-hydrogen) atoms. The van der Waals surface area contributed by atoms with Crippen molar-refractivity contribution in [3.63, 3.8) is 0 Å². The lowest BCUT2D eigenvalue weighted by Gasteiger charge is -2.32. The molecule has 1 rings (SSSR count). The summed E-state index contributed by atoms with van der Waals surface area (Å²) in [6, 6.07) is 0. The largest absolute Gasteiger partial charge is 0.342 e. The first-order chi connectivity index (χ1) is 9.72. The van der Waals surface area contributed by atoms with E-state index >= 15 is 0 Å². The summed E-state index contributed by atoms with van der Waals surface area (Å²) in [7, 11) is 0. The molecule has 0 heterocycles. The van der Waals surface area contributed by atoms with Gasteiger partial charge in [-0.1, -0.05) is 55.5 Å². The number of nitrogens with zero attached hydrogens (tertiary/aromatic N) is 1. The zero-order valence-corrected chi connectivity index (χ0v) is 15.0. The van der Waals surface area contributed by atoms with Crippen molar-refractivity contribution < 1.29 is 4.79 Å². The molecule has 0 atom stereocenters. The van der Waals surface area contributed by atoms with E-state index in [0.29, 0.717) is 11.8 Å². The SMILES string of the molecule is CCCCC1CCC(C(=O)N(CCBr)CCCC)CC1. The molecule has 1 saturated carbocycles. The van der Waals surface area contributed by atoms with Gasteiger partial charge in [-0.25, -0.2) is 0 Å². The van der Waals surface area contributed by atoms with Crippen LogP contribution in [0.1, 0.15) is 71.6 Å². The summed E-state index contributed by atoms with van der Waals surface area (Å²) in [5, 5.41) is 0.897. The maximum Gasteiger partial charge on any atom is 0.225 e. The monoisotopic (exact) mass is 345 g/mol. The zero-order valence-electron chi connectivity index (χ0n) is 13.4. The van der Waals surface area contributed by atoms with Crippen LogP contribution >= 0.6 is 15.9 Å². The lowest BCUT2D eigenvalue weighted by atomic mass is 9.79. The van der Waals surface area contributed by atoms with Crippen LogP contribution < -0.4 is 0 Å². The predicted molar refractivity (Wildman–Crippen MR) is 90.3 cm³/mol. The van der Waals surface area contributed by atoms with E-state index in [1.165, 1.54) is 32.1 Å². The Balaban J connectivity index is 2.38. The van der Waals surface area contributed by atoms with Gasteiger partial charge in [-0.2, -0.15) is 0 Å². The lowest BCUT2D eigenvalue weighted by Crippen LogP contribution is -2.39. The molecule has 1 aliphatic rings. The van der Waals surface area contributed by atoms with Gasteiger partial charge in [0, 0.05) is 24.3 Å². The van der Waals surface area contributed by atoms with Gasteiger partial charge < -0.3 is 4.90 Å². The number of hydrogen-bond donors (Lipinski definition) is 0. The van der Waals surface area contributed by atoms with Gasteiger partial charge in [-0.05, 0) is 38.0 Å². The number of hydrogen-bond acceptors (Lipinski definition) is 1. The first kappa shape index (κ1) is 18.0. The Morgan fingerprint density at radius 3 is 2.25 bits per heavy atom. The molecule has 0 aromatic heterocycles. The van der Waals surface area contributed by atoms with Crippen LogP contribution in [-0.2, 0) is 4.79 Å². The summed E-state index contributed by atoms with van der Waals surface area (Å²) in [5.74, 6) is 1.62. The van der Waals surface area contributed by atoms with Gasteiger partial charge in [0.15, 0.2) is 0 Å². The summed E-state index contributed by atoms with van der Waals surface area (Å²) in [6.07, 6.45) is 11.1. The van der Waals surface area contributed by atoms with Crippen molar-refractivity contribution in [2.75, 3.05) is 18.4 Å². The number of unbranched alkanes of at least 4 members (excludes halogenated alkanes) is 2. The van der Waals surface area contributed by atoms with Crippen LogP contribution in [0.3, 0.4) is 0 Å². The Bertz CT molecular complexity index is 262. The van der Waals surface area contributed by atoms with E-state index in [4.69, 9.17) is 0 Å². The molecule has 0 aliphatic heterocycles. The maximum absolute atomic E-state index is 12.6. The lowest BCUT2D eigenvalue weighted by molar-refractivity contribution is -0.136. The van der Waals surface area contributed by atoms with Crippen molar-refractivity contribution in [3.8, 4) is 0 Å². The summed E-state index contributed by atoms with van der Waals surface area (Å²) in [5.41, 5.74) is 0. The molecule has 0 aromatic carbocycles. The molecule has 0 bridgehead atoms. The summed E-state index contributed by atoms with van der Waals surface area (Å²) in [4.78, 5) is 14.7. The Morgan fingerprint density at radius 1 is 1.05 bits per heavy atom. The maximum atomic E-state index is 12.6. The molecule has 0 saturated heterocycles. The number of amides is 1. The molecule has 0 spiro atoms. The minimum absolute atomic E-state index is 0.309. The molecular formula is C17H32BrNO. The fourth-order valence-corrected chi connectivity index (χ4v) is 3.66. The highest BCUT2D eigenvalue weighted by molar-refractivity contribution is 9.09. The fourth-order valence-electron chi connectivity index (χ4n) is 3.23. The fraction of sp³-hybridized carbons (Fsp3) is 0.941. The van der Waals surface area contributed by atoms with Crippen LogP contribution in [0.15, 0.2) is 0 Å². The molecule has 0 N–H and O–H groups in total. The second-order valence-corrected chi connectivity index (χ2v) is 7.02. The number of carbonyl (C=O) groups is 1. The van der Waals surface area contributed by atoms with Gasteiger partial charge in [-0.15, -0.1) is 0 Å². The summed E-state index contributed by atoms with van der Waals surface area (Å²) >= 11 is 3.48. The Labute approximate surface area is 133 Å². The summed E-state index contributed by atoms with van der Waals surface area (Å²) in [6.45, 7) is 6.27. The van der Waals surface area contributed by atoms with Crippen molar-refractivity contribution in [3.05, 3.63) is 0 Å². The van der Waals surface area contributed by atoms with E-state index in [0.717, 1.165) is 50.0 Å². The van der Waals surface area contributed by atoms with Crippen LogP contribution in [0.4, 0.5) is 0 Å². The third-order valence-corrected chi connectivity index (χ3v) is 4.96. The summed E-state index contributed by atoms with van der Waals surface area (Å²) < 4.78 is 0. The van der Waals surface area contributed by atoms with Gasteiger partial charge in [0.1, 0.15) is 0 Å². The highest BCUT2D eigenvalue weighted by atomic mass is 79.9. The molecular weight excluding hydrogens is 314 g/mol. The van der Waals surface area contributed by atoms with Gasteiger partial charge in [0.05, 0.1) is 0 Å². The number of halogens is 1. The standard InChI is InChI=1S/C17H32BrNO/c1-3-5-7-15-8-10-16(11-9-15)17(20)19(14-12-18)13-6-4-2/h15-16H,3-14H2,1-2H3. The quantitative estimate of drug-likeness (QED) is 0.538. The van der Waals surface area contributed by atoms with E-state index in [1.54, 1.807) is 0 Å². The van der Waals surface area contributed by atoms with Crippen LogP contribution in [0.5, 0.6) is 0 Å². The van der Waals surface area contributed by atoms with Gasteiger partial charge in [-0.3, -0.25) is 4.79 Å². The first-order valence-electron chi connectivity index (χ1n) is 8.57. The third kappa shape index (κ3) is 6.15. The van der Waals surface area contributed by atoms with Crippen LogP contribution in [0.2, 0.25) is 0 Å². The molecule has 118 valence electrons. The number of alkyl halides is 1. The topological polar surface area (TPSA) is 20.3 Å². The Kier molecular flexibility index (Phi) is 9.58. The number of rotatable bonds is 9. The second-order valence-electron chi connectivity index (χ2n) is 6.23. The molecule has 1 amide bonds. The second kappa shape index (κ2) is 10.6. The molecule has 2 nitrogen and oxygen atoms in total. The van der Waals surface area contributed by atoms with Crippen LogP contribution in [-0.4, -0.2) is 29.2 Å². The third-order valence-electron chi connectivity index (χ3n) is 4.61. The van der Waals surface area contributed by atoms with Crippen LogP contribution in [0, 0.1) is 11.8 Å². The molecule has 0 radical (unpaired) electrons. The highest BCUT2D eigenvalue weighted by Crippen LogP contribution is 2.32. The van der Waals surface area contributed by atoms with E-state index in [9.17, 15) is 4.79 Å².